The van der Waals surface area contributed by atoms with E-state index in [1.54, 1.807) is 24.3 Å². The zero-order chi connectivity index (χ0) is 22.8. The Balaban J connectivity index is 1.90. The third-order valence-corrected chi connectivity index (χ3v) is 6.71. The topological polar surface area (TPSA) is 128 Å². The van der Waals surface area contributed by atoms with Crippen LogP contribution in [0.1, 0.15) is 5.56 Å². The second-order valence-corrected chi connectivity index (χ2v) is 8.80. The van der Waals surface area contributed by atoms with E-state index in [0.29, 0.717) is 17.1 Å². The highest BCUT2D eigenvalue weighted by Crippen LogP contribution is 2.34. The van der Waals surface area contributed by atoms with E-state index >= 15 is 0 Å². The molecule has 0 saturated carbocycles. The summed E-state index contributed by atoms with van der Waals surface area (Å²) >= 11 is 0.903. The predicted octanol–water partition coefficient (Wildman–Crippen LogP) is 2.90. The summed E-state index contributed by atoms with van der Waals surface area (Å²) < 4.78 is 39.3. The molecule has 0 aliphatic carbocycles. The summed E-state index contributed by atoms with van der Waals surface area (Å²) in [5.74, 6) is 0.594. The monoisotopic (exact) mass is 463 g/mol. The molecule has 0 unspecified atom stereocenters. The van der Waals surface area contributed by atoms with Crippen molar-refractivity contribution in [3.8, 4) is 11.5 Å². The van der Waals surface area contributed by atoms with Crippen LogP contribution in [0.2, 0.25) is 0 Å². The van der Waals surface area contributed by atoms with Crippen LogP contribution >= 0.6 is 11.8 Å². The van der Waals surface area contributed by atoms with Gasteiger partial charge in [-0.05, 0) is 47.7 Å². The first-order chi connectivity index (χ1) is 14.7. The van der Waals surface area contributed by atoms with E-state index in [0.717, 1.165) is 40.9 Å². The molecule has 0 aromatic heterocycles. The molecule has 162 valence electrons. The number of nitrogens with zero attached hydrogens (tertiary/aromatic N) is 3. The molecule has 1 saturated heterocycles. The molecule has 1 fully saturated rings. The lowest BCUT2D eigenvalue weighted by molar-refractivity contribution is -0.384. The van der Waals surface area contributed by atoms with Crippen molar-refractivity contribution in [2.24, 2.45) is 4.40 Å². The minimum absolute atomic E-state index is 0.0323. The fraction of sp³-hybridized carbons (Fsp3) is 0.158. The molecule has 0 atom stereocenters. The molecule has 0 bridgehead atoms. The third-order valence-electron chi connectivity index (χ3n) is 4.25. The van der Waals surface area contributed by atoms with Gasteiger partial charge in [-0.3, -0.25) is 19.8 Å². The number of amides is 1. The summed E-state index contributed by atoms with van der Waals surface area (Å²) in [6.07, 6.45) is 1.59. The van der Waals surface area contributed by atoms with Crippen molar-refractivity contribution in [1.29, 1.82) is 0 Å². The number of methoxy groups -OCH3 is 2. The molecular weight excluding hydrogens is 446 g/mol. The van der Waals surface area contributed by atoms with Crippen LogP contribution in [-0.2, 0) is 14.8 Å². The van der Waals surface area contributed by atoms with Crippen LogP contribution in [0.3, 0.4) is 0 Å². The Morgan fingerprint density at radius 1 is 1.10 bits per heavy atom. The van der Waals surface area contributed by atoms with Gasteiger partial charge in [0.05, 0.1) is 28.9 Å². The summed E-state index contributed by atoms with van der Waals surface area (Å²) in [5.41, 5.74) is 0.413. The van der Waals surface area contributed by atoms with Crippen molar-refractivity contribution in [1.82, 2.24) is 4.90 Å². The largest absolute Gasteiger partial charge is 0.493 e. The fourth-order valence-corrected chi connectivity index (χ4v) is 4.82. The number of rotatable bonds is 6. The average Bonchev–Trinajstić information content (AvgIpc) is 3.00. The number of non-ortho nitro benzene ring substituents is 1. The van der Waals surface area contributed by atoms with Gasteiger partial charge < -0.3 is 9.47 Å². The molecule has 1 aliphatic heterocycles. The number of hydrogen-bond acceptors (Lipinski definition) is 8. The van der Waals surface area contributed by atoms with Crippen molar-refractivity contribution in [2.75, 3.05) is 21.3 Å². The fourth-order valence-electron chi connectivity index (χ4n) is 2.62. The quantitative estimate of drug-likeness (QED) is 0.363. The van der Waals surface area contributed by atoms with Gasteiger partial charge in [-0.2, -0.15) is 8.42 Å². The summed E-state index contributed by atoms with van der Waals surface area (Å²) in [7, 11) is 0.241. The smallest absolute Gasteiger partial charge is 0.284 e. The Labute approximate surface area is 182 Å². The Morgan fingerprint density at radius 2 is 1.74 bits per heavy atom. The van der Waals surface area contributed by atoms with Gasteiger partial charge in [-0.25, -0.2) is 0 Å². The molecule has 31 heavy (non-hydrogen) atoms. The standard InChI is InChI=1S/C19H17N3O7S2/c1-21-18(23)17(11-12-4-9-15(28-2)16(10-12)29-3)30-19(21)20-31(26,27)14-7-5-13(6-8-14)22(24)25/h4-11H,1-3H3/b17-11-,20-19?. The molecule has 0 radical (unpaired) electrons. The van der Waals surface area contributed by atoms with Crippen LogP contribution in [0.5, 0.6) is 11.5 Å². The van der Waals surface area contributed by atoms with Crippen molar-refractivity contribution in [2.45, 2.75) is 4.90 Å². The van der Waals surface area contributed by atoms with E-state index in [9.17, 15) is 23.3 Å². The Morgan fingerprint density at radius 3 is 2.32 bits per heavy atom. The Bertz CT molecular complexity index is 1210. The highest BCUT2D eigenvalue weighted by Gasteiger charge is 2.32. The van der Waals surface area contributed by atoms with Gasteiger partial charge in [-0.15, -0.1) is 4.40 Å². The number of nitro groups is 1. The second kappa shape index (κ2) is 8.78. The van der Waals surface area contributed by atoms with E-state index < -0.39 is 20.9 Å². The number of sulfonamides is 1. The molecule has 3 rings (SSSR count). The van der Waals surface area contributed by atoms with Crippen LogP contribution in [0, 0.1) is 10.1 Å². The molecule has 1 heterocycles. The average molecular weight is 463 g/mol. The number of nitro benzene ring substituents is 1. The van der Waals surface area contributed by atoms with Crippen molar-refractivity contribution >= 4 is 44.6 Å². The summed E-state index contributed by atoms with van der Waals surface area (Å²) in [4.78, 5) is 23.9. The van der Waals surface area contributed by atoms with Crippen molar-refractivity contribution in [3.63, 3.8) is 0 Å². The van der Waals surface area contributed by atoms with Crippen molar-refractivity contribution in [3.05, 3.63) is 63.0 Å². The number of ether oxygens (including phenoxy) is 2. The number of amidine groups is 1. The molecule has 1 amide bonds. The lowest BCUT2D eigenvalue weighted by Gasteiger charge is -2.08. The van der Waals surface area contributed by atoms with Gasteiger partial charge in [0, 0.05) is 19.2 Å². The SMILES string of the molecule is COc1ccc(/C=C2\SC(=NS(=O)(=O)c3ccc([N+](=O)[O-])cc3)N(C)C2=O)cc1OC. The lowest BCUT2D eigenvalue weighted by Crippen LogP contribution is -2.24. The van der Waals surface area contributed by atoms with Gasteiger partial charge in [0.2, 0.25) is 0 Å². The minimum Gasteiger partial charge on any atom is -0.493 e. The summed E-state index contributed by atoms with van der Waals surface area (Å²) in [5, 5.41) is 10.7. The third kappa shape index (κ3) is 4.70. The maximum absolute atomic E-state index is 12.6. The first-order valence-corrected chi connectivity index (χ1v) is 10.9. The molecule has 0 spiro atoms. The Kier molecular flexibility index (Phi) is 6.32. The molecule has 12 heteroatoms. The molecular formula is C19H17N3O7S2. The Hall–Kier alpha value is -3.38. The highest BCUT2D eigenvalue weighted by molar-refractivity contribution is 8.19. The number of carbonyl (C=O) groups is 1. The normalized spacial score (nSPS) is 16.7. The van der Waals surface area contributed by atoms with Crippen LogP contribution in [-0.4, -0.2) is 50.6 Å². The molecule has 0 N–H and O–H groups in total. The second-order valence-electron chi connectivity index (χ2n) is 6.19. The maximum Gasteiger partial charge on any atom is 0.284 e. The number of benzene rings is 2. The van der Waals surface area contributed by atoms with E-state index in [4.69, 9.17) is 9.47 Å². The summed E-state index contributed by atoms with van der Waals surface area (Å²) in [6, 6.07) is 9.44. The lowest BCUT2D eigenvalue weighted by atomic mass is 10.2. The molecule has 2 aromatic rings. The van der Waals surface area contributed by atoms with Crippen molar-refractivity contribution < 1.29 is 27.6 Å². The van der Waals surface area contributed by atoms with Gasteiger partial charge in [0.25, 0.3) is 21.6 Å². The number of hydrogen-bond donors (Lipinski definition) is 0. The van der Waals surface area contributed by atoms with Gasteiger partial charge in [0.15, 0.2) is 16.7 Å². The zero-order valence-corrected chi connectivity index (χ0v) is 18.3. The minimum atomic E-state index is -4.17. The molecule has 1 aliphatic rings. The van der Waals surface area contributed by atoms with Gasteiger partial charge in [0.1, 0.15) is 0 Å². The first-order valence-electron chi connectivity index (χ1n) is 8.65. The van der Waals surface area contributed by atoms with Gasteiger partial charge >= 0.3 is 0 Å². The van der Waals surface area contributed by atoms with E-state index in [1.807, 2.05) is 0 Å². The van der Waals surface area contributed by atoms with E-state index in [-0.39, 0.29) is 20.7 Å². The molecule has 2 aromatic carbocycles. The summed E-state index contributed by atoms with van der Waals surface area (Å²) in [6.45, 7) is 0. The van der Waals surface area contributed by atoms with Crippen LogP contribution in [0.4, 0.5) is 5.69 Å². The van der Waals surface area contributed by atoms with Crippen LogP contribution in [0.25, 0.3) is 6.08 Å². The van der Waals surface area contributed by atoms with E-state index in [1.165, 1.54) is 21.3 Å². The van der Waals surface area contributed by atoms with Crippen LogP contribution in [0.15, 0.2) is 56.7 Å². The first kappa shape index (κ1) is 22.3. The van der Waals surface area contributed by atoms with Gasteiger partial charge in [-0.1, -0.05) is 6.07 Å². The van der Waals surface area contributed by atoms with E-state index in [2.05, 4.69) is 4.40 Å². The van der Waals surface area contributed by atoms with Crippen LogP contribution < -0.4 is 9.47 Å². The number of thioether (sulfide) groups is 1. The molecule has 10 nitrogen and oxygen atoms in total. The maximum atomic E-state index is 12.6. The zero-order valence-electron chi connectivity index (χ0n) is 16.6. The number of carbonyl (C=O) groups excluding carboxylic acids is 1. The number of likely N-dealkylation sites (N-methyl/N-ethyl adjacent to an activating group) is 1. The highest BCUT2D eigenvalue weighted by atomic mass is 32.2. The predicted molar refractivity (Wildman–Crippen MR) is 116 cm³/mol.